The third kappa shape index (κ3) is 4.58. The first-order valence-corrected chi connectivity index (χ1v) is 5.08. The molecule has 0 fully saturated rings. The number of aliphatic carboxylic acids is 1. The lowest BCUT2D eigenvalue weighted by Gasteiger charge is -2.27. The maximum absolute atomic E-state index is 10.7. The van der Waals surface area contributed by atoms with Crippen LogP contribution in [0.15, 0.2) is 0 Å². The molecule has 0 aromatic heterocycles. The minimum Gasteiger partial charge on any atom is -0.481 e. The van der Waals surface area contributed by atoms with Crippen LogP contribution in [-0.2, 0) is 4.79 Å². The van der Waals surface area contributed by atoms with Gasteiger partial charge in [0.1, 0.15) is 0 Å². The van der Waals surface area contributed by atoms with Crippen molar-refractivity contribution in [3.8, 4) is 0 Å². The Kier molecular flexibility index (Phi) is 6.49. The van der Waals surface area contributed by atoms with Crippen molar-refractivity contribution in [1.29, 1.82) is 0 Å². The lowest BCUT2D eigenvalue weighted by atomic mass is 10.0. The Morgan fingerprint density at radius 1 is 1.50 bits per heavy atom. The van der Waals surface area contributed by atoms with Crippen molar-refractivity contribution < 1.29 is 9.90 Å². The van der Waals surface area contributed by atoms with E-state index in [1.54, 1.807) is 6.92 Å². The quantitative estimate of drug-likeness (QED) is 0.595. The van der Waals surface area contributed by atoms with E-state index in [0.717, 1.165) is 19.5 Å². The maximum atomic E-state index is 10.7. The molecular weight excluding hydrogens is 180 g/mol. The molecule has 4 nitrogen and oxygen atoms in total. The third-order valence-corrected chi connectivity index (χ3v) is 2.75. The fraction of sp³-hybridized carbons (Fsp3) is 0.900. The molecule has 0 radical (unpaired) electrons. The molecule has 2 unspecified atom stereocenters. The van der Waals surface area contributed by atoms with E-state index in [0.29, 0.717) is 0 Å². The summed E-state index contributed by atoms with van der Waals surface area (Å²) in [6, 6.07) is 0.0874. The monoisotopic (exact) mass is 202 g/mol. The fourth-order valence-corrected chi connectivity index (χ4v) is 1.30. The highest BCUT2D eigenvalue weighted by Gasteiger charge is 2.22. The molecule has 14 heavy (non-hydrogen) atoms. The standard InChI is InChI=1S/C10H22N2O2/c1-8(10(13)14)9(2)12(4)7-5-6-11-3/h8-9,11H,5-7H2,1-4H3,(H,13,14). The topological polar surface area (TPSA) is 52.6 Å². The Hall–Kier alpha value is -0.610. The third-order valence-electron chi connectivity index (χ3n) is 2.75. The summed E-state index contributed by atoms with van der Waals surface area (Å²) >= 11 is 0. The van der Waals surface area contributed by atoms with Crippen LogP contribution in [0.25, 0.3) is 0 Å². The van der Waals surface area contributed by atoms with Gasteiger partial charge in [-0.1, -0.05) is 6.92 Å². The van der Waals surface area contributed by atoms with Crippen LogP contribution in [0.1, 0.15) is 20.3 Å². The van der Waals surface area contributed by atoms with Gasteiger partial charge >= 0.3 is 5.97 Å². The molecule has 0 aromatic rings. The van der Waals surface area contributed by atoms with E-state index in [4.69, 9.17) is 5.11 Å². The van der Waals surface area contributed by atoms with Gasteiger partial charge < -0.3 is 15.3 Å². The predicted octanol–water partition coefficient (Wildman–Crippen LogP) is 0.637. The van der Waals surface area contributed by atoms with Crippen molar-refractivity contribution in [2.45, 2.75) is 26.3 Å². The molecule has 2 atom stereocenters. The van der Waals surface area contributed by atoms with Crippen molar-refractivity contribution in [1.82, 2.24) is 10.2 Å². The zero-order valence-electron chi connectivity index (χ0n) is 9.58. The first-order valence-electron chi connectivity index (χ1n) is 5.08. The van der Waals surface area contributed by atoms with E-state index in [9.17, 15) is 4.79 Å². The largest absolute Gasteiger partial charge is 0.481 e. The molecule has 0 aliphatic rings. The molecule has 0 saturated carbocycles. The number of hydrogen-bond acceptors (Lipinski definition) is 3. The molecule has 0 saturated heterocycles. The highest BCUT2D eigenvalue weighted by molar-refractivity contribution is 5.70. The van der Waals surface area contributed by atoms with Crippen molar-refractivity contribution >= 4 is 5.97 Å². The van der Waals surface area contributed by atoms with Gasteiger partial charge in [-0.3, -0.25) is 4.79 Å². The van der Waals surface area contributed by atoms with Crippen LogP contribution < -0.4 is 5.32 Å². The summed E-state index contributed by atoms with van der Waals surface area (Å²) in [6.45, 7) is 5.61. The predicted molar refractivity (Wildman–Crippen MR) is 57.4 cm³/mol. The average Bonchev–Trinajstić information content (AvgIpc) is 2.15. The highest BCUT2D eigenvalue weighted by Crippen LogP contribution is 2.09. The summed E-state index contributed by atoms with van der Waals surface area (Å²) < 4.78 is 0. The van der Waals surface area contributed by atoms with E-state index in [1.807, 2.05) is 21.0 Å². The van der Waals surface area contributed by atoms with Gasteiger partial charge in [0.15, 0.2) is 0 Å². The summed E-state index contributed by atoms with van der Waals surface area (Å²) in [4.78, 5) is 12.8. The molecular formula is C10H22N2O2. The van der Waals surface area contributed by atoms with Crippen LogP contribution in [0.3, 0.4) is 0 Å². The summed E-state index contributed by atoms with van der Waals surface area (Å²) in [5.41, 5.74) is 0. The fourth-order valence-electron chi connectivity index (χ4n) is 1.30. The lowest BCUT2D eigenvalue weighted by molar-refractivity contribution is -0.143. The molecule has 4 heteroatoms. The molecule has 0 heterocycles. The number of nitrogens with one attached hydrogen (secondary N) is 1. The smallest absolute Gasteiger partial charge is 0.307 e. The van der Waals surface area contributed by atoms with Crippen molar-refractivity contribution in [2.75, 3.05) is 27.2 Å². The summed E-state index contributed by atoms with van der Waals surface area (Å²) in [5, 5.41) is 11.9. The Morgan fingerprint density at radius 3 is 2.50 bits per heavy atom. The first kappa shape index (κ1) is 13.4. The molecule has 0 aliphatic heterocycles. The van der Waals surface area contributed by atoms with Crippen molar-refractivity contribution in [3.63, 3.8) is 0 Å². The highest BCUT2D eigenvalue weighted by atomic mass is 16.4. The molecule has 84 valence electrons. The Morgan fingerprint density at radius 2 is 2.07 bits per heavy atom. The molecule has 0 rings (SSSR count). The van der Waals surface area contributed by atoms with E-state index in [1.165, 1.54) is 0 Å². The Bertz CT molecular complexity index is 174. The molecule has 0 aliphatic carbocycles. The molecule has 0 spiro atoms. The zero-order chi connectivity index (χ0) is 11.1. The second-order valence-electron chi connectivity index (χ2n) is 3.81. The number of rotatable bonds is 7. The number of nitrogens with zero attached hydrogens (tertiary/aromatic N) is 1. The molecule has 0 aromatic carbocycles. The van der Waals surface area contributed by atoms with Gasteiger partial charge in [0, 0.05) is 6.04 Å². The number of carboxylic acid groups (broad SMARTS) is 1. The van der Waals surface area contributed by atoms with Gasteiger partial charge in [-0.2, -0.15) is 0 Å². The van der Waals surface area contributed by atoms with Gasteiger partial charge in [0.2, 0.25) is 0 Å². The maximum Gasteiger partial charge on any atom is 0.307 e. The zero-order valence-corrected chi connectivity index (χ0v) is 9.58. The van der Waals surface area contributed by atoms with Gasteiger partial charge in [0.05, 0.1) is 5.92 Å². The average molecular weight is 202 g/mol. The van der Waals surface area contributed by atoms with E-state index in [2.05, 4.69) is 10.2 Å². The van der Waals surface area contributed by atoms with Crippen LogP contribution in [0.5, 0.6) is 0 Å². The van der Waals surface area contributed by atoms with Crippen LogP contribution in [0.2, 0.25) is 0 Å². The van der Waals surface area contributed by atoms with Crippen LogP contribution in [0, 0.1) is 5.92 Å². The van der Waals surface area contributed by atoms with Crippen LogP contribution >= 0.6 is 0 Å². The van der Waals surface area contributed by atoms with E-state index >= 15 is 0 Å². The Labute approximate surface area is 86.3 Å². The SMILES string of the molecule is CNCCCN(C)C(C)C(C)C(=O)O. The number of hydrogen-bond donors (Lipinski definition) is 2. The minimum atomic E-state index is -0.724. The normalized spacial score (nSPS) is 15.5. The van der Waals surface area contributed by atoms with Gasteiger partial charge in [0.25, 0.3) is 0 Å². The van der Waals surface area contributed by atoms with Gasteiger partial charge in [-0.05, 0) is 40.5 Å². The van der Waals surface area contributed by atoms with E-state index < -0.39 is 5.97 Å². The first-order chi connectivity index (χ1) is 6.50. The van der Waals surface area contributed by atoms with Crippen LogP contribution in [-0.4, -0.2) is 49.2 Å². The molecule has 2 N–H and O–H groups in total. The second-order valence-corrected chi connectivity index (χ2v) is 3.81. The van der Waals surface area contributed by atoms with Gasteiger partial charge in [-0.25, -0.2) is 0 Å². The van der Waals surface area contributed by atoms with Crippen molar-refractivity contribution in [3.05, 3.63) is 0 Å². The minimum absolute atomic E-state index is 0.0874. The molecule has 0 bridgehead atoms. The van der Waals surface area contributed by atoms with E-state index in [-0.39, 0.29) is 12.0 Å². The van der Waals surface area contributed by atoms with Crippen molar-refractivity contribution in [2.24, 2.45) is 5.92 Å². The van der Waals surface area contributed by atoms with Crippen LogP contribution in [0.4, 0.5) is 0 Å². The summed E-state index contributed by atoms with van der Waals surface area (Å²) in [6.07, 6.45) is 1.05. The number of carbonyl (C=O) groups is 1. The van der Waals surface area contributed by atoms with Gasteiger partial charge in [-0.15, -0.1) is 0 Å². The number of carboxylic acids is 1. The second kappa shape index (κ2) is 6.79. The lowest BCUT2D eigenvalue weighted by Crippen LogP contribution is -2.39. The summed E-state index contributed by atoms with van der Waals surface area (Å²) in [7, 11) is 3.89. The molecule has 0 amide bonds. The Balaban J connectivity index is 3.85. The summed E-state index contributed by atoms with van der Waals surface area (Å²) in [5.74, 6) is -1.03.